The van der Waals surface area contributed by atoms with Crippen LogP contribution in [0.25, 0.3) is 10.9 Å². The molecule has 2 aromatic carbocycles. The summed E-state index contributed by atoms with van der Waals surface area (Å²) in [5, 5.41) is 1.23. The van der Waals surface area contributed by atoms with Crippen LogP contribution >= 0.6 is 0 Å². The molecule has 2 heteroatoms. The number of ether oxygens (including phenoxy) is 1. The van der Waals surface area contributed by atoms with Crippen LogP contribution in [-0.2, 0) is 6.54 Å². The first kappa shape index (κ1) is 13.7. The van der Waals surface area contributed by atoms with Crippen LogP contribution in [0.1, 0.15) is 24.5 Å². The highest BCUT2D eigenvalue weighted by molar-refractivity contribution is 5.81. The van der Waals surface area contributed by atoms with Crippen LogP contribution < -0.4 is 4.74 Å². The molecule has 0 unspecified atom stereocenters. The molecule has 3 aromatic rings. The van der Waals surface area contributed by atoms with Crippen LogP contribution in [0.3, 0.4) is 0 Å². The molecule has 0 fully saturated rings. The summed E-state index contributed by atoms with van der Waals surface area (Å²) < 4.78 is 7.98. The van der Waals surface area contributed by atoms with E-state index < -0.39 is 0 Å². The molecular formula is C19H21NO. The summed E-state index contributed by atoms with van der Waals surface area (Å²) in [5.41, 5.74) is 3.87. The van der Waals surface area contributed by atoms with Crippen molar-refractivity contribution in [3.63, 3.8) is 0 Å². The summed E-state index contributed by atoms with van der Waals surface area (Å²) in [6, 6.07) is 17.2. The zero-order valence-corrected chi connectivity index (χ0v) is 12.7. The maximum atomic E-state index is 5.69. The Morgan fingerprint density at radius 1 is 1.00 bits per heavy atom. The summed E-state index contributed by atoms with van der Waals surface area (Å²) in [5.74, 6) is 0.956. The Bertz CT molecular complexity index is 725. The Balaban J connectivity index is 1.84. The zero-order valence-electron chi connectivity index (χ0n) is 12.7. The number of aromatic nitrogens is 1. The van der Waals surface area contributed by atoms with Gasteiger partial charge in [-0.2, -0.15) is 0 Å². The number of hydrogen-bond acceptors (Lipinski definition) is 1. The quantitative estimate of drug-likeness (QED) is 0.655. The molecule has 0 aliphatic carbocycles. The topological polar surface area (TPSA) is 14.2 Å². The van der Waals surface area contributed by atoms with Gasteiger partial charge >= 0.3 is 0 Å². The van der Waals surface area contributed by atoms with E-state index in [1.807, 2.05) is 0 Å². The fourth-order valence-corrected chi connectivity index (χ4v) is 2.52. The van der Waals surface area contributed by atoms with E-state index in [4.69, 9.17) is 4.74 Å². The molecule has 0 aliphatic heterocycles. The molecule has 108 valence electrons. The van der Waals surface area contributed by atoms with Gasteiger partial charge in [0.2, 0.25) is 0 Å². The largest absolute Gasteiger partial charge is 0.494 e. The lowest BCUT2D eigenvalue weighted by Gasteiger charge is -2.08. The van der Waals surface area contributed by atoms with Crippen molar-refractivity contribution in [3.8, 4) is 5.75 Å². The van der Waals surface area contributed by atoms with Gasteiger partial charge in [0.1, 0.15) is 5.75 Å². The second kappa shape index (κ2) is 6.04. The van der Waals surface area contributed by atoms with Gasteiger partial charge in [0.25, 0.3) is 0 Å². The van der Waals surface area contributed by atoms with Crippen molar-refractivity contribution < 1.29 is 4.74 Å². The standard InChI is InChI=1S/C19H21NO/c1-3-12-21-18-8-9-19-17(13-18)10-11-20(19)14-16-6-4-15(2)5-7-16/h4-11,13H,3,12,14H2,1-2H3. The second-order valence-electron chi connectivity index (χ2n) is 5.50. The molecule has 3 rings (SSSR count). The van der Waals surface area contributed by atoms with E-state index in [2.05, 4.69) is 73.1 Å². The number of benzene rings is 2. The lowest BCUT2D eigenvalue weighted by atomic mass is 10.1. The average molecular weight is 279 g/mol. The molecule has 0 radical (unpaired) electrons. The minimum absolute atomic E-state index is 0.773. The second-order valence-corrected chi connectivity index (χ2v) is 5.50. The molecule has 0 amide bonds. The third-order valence-electron chi connectivity index (χ3n) is 3.69. The number of aryl methyl sites for hydroxylation is 1. The number of nitrogens with zero attached hydrogens (tertiary/aromatic N) is 1. The Kier molecular flexibility index (Phi) is 3.96. The van der Waals surface area contributed by atoms with Crippen molar-refractivity contribution in [3.05, 3.63) is 65.9 Å². The maximum Gasteiger partial charge on any atom is 0.120 e. The highest BCUT2D eigenvalue weighted by atomic mass is 16.5. The van der Waals surface area contributed by atoms with Crippen molar-refractivity contribution in [1.82, 2.24) is 4.57 Å². The summed E-state index contributed by atoms with van der Waals surface area (Å²) >= 11 is 0. The van der Waals surface area contributed by atoms with Crippen LogP contribution in [-0.4, -0.2) is 11.2 Å². The van der Waals surface area contributed by atoms with Gasteiger partial charge in [0.15, 0.2) is 0 Å². The third-order valence-corrected chi connectivity index (χ3v) is 3.69. The normalized spacial score (nSPS) is 11.0. The molecule has 0 spiro atoms. The molecule has 0 atom stereocenters. The number of hydrogen-bond donors (Lipinski definition) is 0. The lowest BCUT2D eigenvalue weighted by Crippen LogP contribution is -1.98. The molecule has 0 aliphatic rings. The van der Waals surface area contributed by atoms with E-state index in [1.54, 1.807) is 0 Å². The predicted molar refractivity (Wildman–Crippen MR) is 88.0 cm³/mol. The summed E-state index contributed by atoms with van der Waals surface area (Å²) in [7, 11) is 0. The smallest absolute Gasteiger partial charge is 0.120 e. The van der Waals surface area contributed by atoms with Crippen molar-refractivity contribution in [1.29, 1.82) is 0 Å². The van der Waals surface area contributed by atoms with Crippen molar-refractivity contribution in [2.75, 3.05) is 6.61 Å². The van der Waals surface area contributed by atoms with Gasteiger partial charge in [-0.1, -0.05) is 36.8 Å². The Labute approximate surface area is 126 Å². The Morgan fingerprint density at radius 2 is 1.81 bits per heavy atom. The molecule has 21 heavy (non-hydrogen) atoms. The average Bonchev–Trinajstić information content (AvgIpc) is 2.90. The first-order valence-electron chi connectivity index (χ1n) is 7.53. The van der Waals surface area contributed by atoms with Crippen LogP contribution in [0.15, 0.2) is 54.7 Å². The minimum atomic E-state index is 0.773. The minimum Gasteiger partial charge on any atom is -0.494 e. The zero-order chi connectivity index (χ0) is 14.7. The van der Waals surface area contributed by atoms with Gasteiger partial charge in [0, 0.05) is 23.6 Å². The van der Waals surface area contributed by atoms with Gasteiger partial charge in [-0.05, 0) is 43.2 Å². The number of fused-ring (bicyclic) bond motifs is 1. The third kappa shape index (κ3) is 3.10. The molecule has 1 heterocycles. The van der Waals surface area contributed by atoms with E-state index in [-0.39, 0.29) is 0 Å². The first-order valence-corrected chi connectivity index (χ1v) is 7.53. The van der Waals surface area contributed by atoms with Gasteiger partial charge in [-0.3, -0.25) is 0 Å². The van der Waals surface area contributed by atoms with Crippen LogP contribution in [0.5, 0.6) is 5.75 Å². The van der Waals surface area contributed by atoms with Crippen molar-refractivity contribution in [2.24, 2.45) is 0 Å². The van der Waals surface area contributed by atoms with Gasteiger partial charge in [-0.25, -0.2) is 0 Å². The molecular weight excluding hydrogens is 258 g/mol. The first-order chi connectivity index (χ1) is 10.3. The molecule has 2 nitrogen and oxygen atoms in total. The van der Waals surface area contributed by atoms with Gasteiger partial charge in [0.05, 0.1) is 6.61 Å². The van der Waals surface area contributed by atoms with E-state index >= 15 is 0 Å². The van der Waals surface area contributed by atoms with Gasteiger partial charge in [-0.15, -0.1) is 0 Å². The van der Waals surface area contributed by atoms with Crippen molar-refractivity contribution in [2.45, 2.75) is 26.8 Å². The molecule has 0 saturated heterocycles. The summed E-state index contributed by atoms with van der Waals surface area (Å²) in [6.07, 6.45) is 3.18. The lowest BCUT2D eigenvalue weighted by molar-refractivity contribution is 0.318. The molecule has 1 aromatic heterocycles. The SMILES string of the molecule is CCCOc1ccc2c(ccn2Cc2ccc(C)cc2)c1. The highest BCUT2D eigenvalue weighted by Gasteiger charge is 2.03. The predicted octanol–water partition coefficient (Wildman–Crippen LogP) is 4.79. The highest BCUT2D eigenvalue weighted by Crippen LogP contribution is 2.23. The van der Waals surface area contributed by atoms with E-state index in [1.165, 1.54) is 22.0 Å². The Hall–Kier alpha value is -2.22. The number of rotatable bonds is 5. The van der Waals surface area contributed by atoms with Crippen LogP contribution in [0.4, 0.5) is 0 Å². The fraction of sp³-hybridized carbons (Fsp3) is 0.263. The van der Waals surface area contributed by atoms with Gasteiger partial charge < -0.3 is 9.30 Å². The van der Waals surface area contributed by atoms with Crippen LogP contribution in [0, 0.1) is 6.92 Å². The maximum absolute atomic E-state index is 5.69. The van der Waals surface area contributed by atoms with Crippen molar-refractivity contribution >= 4 is 10.9 Å². The summed E-state index contributed by atoms with van der Waals surface area (Å²) in [6.45, 7) is 5.91. The fourth-order valence-electron chi connectivity index (χ4n) is 2.52. The Morgan fingerprint density at radius 3 is 2.57 bits per heavy atom. The monoisotopic (exact) mass is 279 g/mol. The van der Waals surface area contributed by atoms with E-state index in [0.29, 0.717) is 0 Å². The molecule has 0 bridgehead atoms. The van der Waals surface area contributed by atoms with Crippen LogP contribution in [0.2, 0.25) is 0 Å². The summed E-state index contributed by atoms with van der Waals surface area (Å²) in [4.78, 5) is 0. The molecule has 0 N–H and O–H groups in total. The van der Waals surface area contributed by atoms with E-state index in [9.17, 15) is 0 Å². The molecule has 0 saturated carbocycles. The van der Waals surface area contributed by atoms with E-state index in [0.717, 1.165) is 25.3 Å².